The van der Waals surface area contributed by atoms with Gasteiger partial charge >= 0.3 is 0 Å². The minimum atomic E-state index is -0.375. The van der Waals surface area contributed by atoms with Gasteiger partial charge in [0, 0.05) is 28.5 Å². The molecule has 2 aromatic carbocycles. The number of nitrogens with one attached hydrogen (secondary N) is 2. The van der Waals surface area contributed by atoms with Crippen molar-refractivity contribution < 1.29 is 9.59 Å². The topological polar surface area (TPSA) is 78.1 Å². The van der Waals surface area contributed by atoms with Gasteiger partial charge in [0.1, 0.15) is 0 Å². The largest absolute Gasteiger partial charge is 0.326 e. The van der Waals surface area contributed by atoms with E-state index in [0.29, 0.717) is 12.2 Å². The lowest BCUT2D eigenvalue weighted by Crippen LogP contribution is -2.28. The van der Waals surface area contributed by atoms with Crippen molar-refractivity contribution in [2.24, 2.45) is 5.92 Å². The van der Waals surface area contributed by atoms with Crippen LogP contribution in [0.25, 0.3) is 10.9 Å². The highest BCUT2D eigenvalue weighted by atomic mass is 79.9. The van der Waals surface area contributed by atoms with Gasteiger partial charge in [-0.1, -0.05) is 12.1 Å². The molecule has 0 unspecified atom stereocenters. The molecule has 0 spiro atoms. The lowest BCUT2D eigenvalue weighted by molar-refractivity contribution is -0.122. The number of hydrogen-bond donors (Lipinski definition) is 2. The fraction of sp³-hybridized carbons (Fsp3) is 0.167. The van der Waals surface area contributed by atoms with Gasteiger partial charge in [-0.2, -0.15) is 5.10 Å². The molecule has 25 heavy (non-hydrogen) atoms. The first-order chi connectivity index (χ1) is 12.1. The molecule has 1 atom stereocenters. The third-order valence-electron chi connectivity index (χ3n) is 4.35. The van der Waals surface area contributed by atoms with Gasteiger partial charge < -0.3 is 10.2 Å². The van der Waals surface area contributed by atoms with E-state index >= 15 is 0 Å². The first-order valence-corrected chi connectivity index (χ1v) is 8.70. The number of halogens is 1. The number of carbonyl (C=O) groups excluding carboxylic acids is 2. The molecule has 7 heteroatoms. The van der Waals surface area contributed by atoms with Crippen LogP contribution in [0.2, 0.25) is 0 Å². The zero-order valence-electron chi connectivity index (χ0n) is 13.2. The summed E-state index contributed by atoms with van der Waals surface area (Å²) in [6.07, 6.45) is 1.92. The summed E-state index contributed by atoms with van der Waals surface area (Å²) in [5.74, 6) is -0.567. The van der Waals surface area contributed by atoms with Crippen LogP contribution in [0.4, 0.5) is 11.4 Å². The summed E-state index contributed by atoms with van der Waals surface area (Å²) < 4.78 is 0.842. The Bertz CT molecular complexity index is 968. The first-order valence-electron chi connectivity index (χ1n) is 7.91. The zero-order chi connectivity index (χ0) is 17.4. The van der Waals surface area contributed by atoms with Crippen LogP contribution in [0.1, 0.15) is 6.42 Å². The van der Waals surface area contributed by atoms with Crippen molar-refractivity contribution in [2.75, 3.05) is 16.8 Å². The zero-order valence-corrected chi connectivity index (χ0v) is 14.8. The summed E-state index contributed by atoms with van der Waals surface area (Å²) in [5.41, 5.74) is 2.41. The highest BCUT2D eigenvalue weighted by Gasteiger charge is 2.35. The number of amides is 2. The van der Waals surface area contributed by atoms with Gasteiger partial charge in [-0.15, -0.1) is 0 Å². The Balaban J connectivity index is 1.49. The molecule has 1 fully saturated rings. The molecule has 0 aliphatic carbocycles. The van der Waals surface area contributed by atoms with Crippen molar-refractivity contribution in [3.63, 3.8) is 0 Å². The van der Waals surface area contributed by atoms with E-state index < -0.39 is 0 Å². The Morgan fingerprint density at radius 3 is 2.96 bits per heavy atom. The van der Waals surface area contributed by atoms with Crippen molar-refractivity contribution in [3.8, 4) is 0 Å². The molecule has 126 valence electrons. The monoisotopic (exact) mass is 398 g/mol. The van der Waals surface area contributed by atoms with Crippen molar-refractivity contribution in [1.82, 2.24) is 10.2 Å². The second kappa shape index (κ2) is 6.33. The van der Waals surface area contributed by atoms with E-state index in [4.69, 9.17) is 0 Å². The quantitative estimate of drug-likeness (QED) is 0.710. The Labute approximate surface area is 152 Å². The molecule has 0 radical (unpaired) electrons. The molecule has 2 amide bonds. The summed E-state index contributed by atoms with van der Waals surface area (Å²) in [5, 5.41) is 10.7. The third-order valence-corrected chi connectivity index (χ3v) is 5.02. The Morgan fingerprint density at radius 1 is 1.28 bits per heavy atom. The number of rotatable bonds is 3. The highest BCUT2D eigenvalue weighted by molar-refractivity contribution is 9.10. The number of aromatic amines is 1. The summed E-state index contributed by atoms with van der Waals surface area (Å²) in [6.45, 7) is 0.376. The average molecular weight is 399 g/mol. The molecule has 3 aromatic rings. The van der Waals surface area contributed by atoms with Crippen molar-refractivity contribution in [1.29, 1.82) is 0 Å². The minimum Gasteiger partial charge on any atom is -0.326 e. The van der Waals surface area contributed by atoms with Crippen LogP contribution in [0.3, 0.4) is 0 Å². The third kappa shape index (κ3) is 3.02. The summed E-state index contributed by atoms with van der Waals surface area (Å²) >= 11 is 3.46. The molecule has 6 nitrogen and oxygen atoms in total. The molecule has 0 saturated carbocycles. The van der Waals surface area contributed by atoms with Crippen LogP contribution in [0, 0.1) is 5.92 Å². The summed E-state index contributed by atoms with van der Waals surface area (Å²) in [6, 6.07) is 13.1. The van der Waals surface area contributed by atoms with Crippen LogP contribution < -0.4 is 10.2 Å². The lowest BCUT2D eigenvalue weighted by atomic mass is 10.1. The average Bonchev–Trinajstić information content (AvgIpc) is 3.21. The predicted molar refractivity (Wildman–Crippen MR) is 99.3 cm³/mol. The van der Waals surface area contributed by atoms with E-state index in [1.807, 2.05) is 42.5 Å². The molecule has 4 rings (SSSR count). The molecule has 1 aliphatic heterocycles. The van der Waals surface area contributed by atoms with Crippen molar-refractivity contribution in [3.05, 3.63) is 53.1 Å². The van der Waals surface area contributed by atoms with Gasteiger partial charge in [0.05, 0.1) is 23.3 Å². The van der Waals surface area contributed by atoms with Crippen LogP contribution in [0.5, 0.6) is 0 Å². The predicted octanol–water partition coefficient (Wildman–Crippen LogP) is 3.32. The molecular weight excluding hydrogens is 384 g/mol. The van der Waals surface area contributed by atoms with Gasteiger partial charge in [-0.3, -0.25) is 14.7 Å². The number of aromatic nitrogens is 2. The van der Waals surface area contributed by atoms with E-state index in [1.54, 1.807) is 11.1 Å². The van der Waals surface area contributed by atoms with Gasteiger partial charge in [0.15, 0.2) is 0 Å². The summed E-state index contributed by atoms with van der Waals surface area (Å²) in [7, 11) is 0. The number of anilines is 2. The molecule has 1 aromatic heterocycles. The second-order valence-corrected chi connectivity index (χ2v) is 6.87. The number of H-pyrrole nitrogens is 1. The number of fused-ring (bicyclic) bond motifs is 1. The van der Waals surface area contributed by atoms with E-state index in [-0.39, 0.29) is 24.2 Å². The van der Waals surface area contributed by atoms with Crippen molar-refractivity contribution in [2.45, 2.75) is 6.42 Å². The van der Waals surface area contributed by atoms with Crippen LogP contribution in [-0.2, 0) is 9.59 Å². The lowest BCUT2D eigenvalue weighted by Gasteiger charge is -2.18. The SMILES string of the molecule is O=C(Nc1ccc2[nH]ncc2c1)[C@H]1CC(=O)N(c2ccccc2Br)C1. The van der Waals surface area contributed by atoms with E-state index in [0.717, 1.165) is 21.1 Å². The van der Waals surface area contributed by atoms with E-state index in [2.05, 4.69) is 31.4 Å². The van der Waals surface area contributed by atoms with E-state index in [9.17, 15) is 9.59 Å². The molecule has 1 aliphatic rings. The number of hydrogen-bond acceptors (Lipinski definition) is 3. The van der Waals surface area contributed by atoms with Crippen LogP contribution >= 0.6 is 15.9 Å². The number of benzene rings is 2. The van der Waals surface area contributed by atoms with Crippen LogP contribution in [-0.4, -0.2) is 28.6 Å². The van der Waals surface area contributed by atoms with Gasteiger partial charge in [0.25, 0.3) is 0 Å². The Kier molecular flexibility index (Phi) is 4.01. The number of para-hydroxylation sites is 1. The Hall–Kier alpha value is -2.67. The maximum atomic E-state index is 12.6. The smallest absolute Gasteiger partial charge is 0.229 e. The highest BCUT2D eigenvalue weighted by Crippen LogP contribution is 2.31. The fourth-order valence-corrected chi connectivity index (χ4v) is 3.55. The molecule has 2 N–H and O–H groups in total. The number of carbonyl (C=O) groups is 2. The maximum Gasteiger partial charge on any atom is 0.229 e. The normalized spacial score (nSPS) is 17.2. The number of nitrogens with zero attached hydrogens (tertiary/aromatic N) is 2. The first kappa shape index (κ1) is 15.8. The fourth-order valence-electron chi connectivity index (χ4n) is 3.05. The van der Waals surface area contributed by atoms with Gasteiger partial charge in [0.2, 0.25) is 11.8 Å². The van der Waals surface area contributed by atoms with Crippen LogP contribution in [0.15, 0.2) is 53.1 Å². The van der Waals surface area contributed by atoms with Gasteiger partial charge in [-0.05, 0) is 46.3 Å². The maximum absolute atomic E-state index is 12.6. The standard InChI is InChI=1S/C18H15BrN4O2/c19-14-3-1-2-4-16(14)23-10-12(8-17(23)24)18(25)21-13-5-6-15-11(7-13)9-20-22-15/h1-7,9,12H,8,10H2,(H,20,22)(H,21,25)/t12-/m0/s1. The van der Waals surface area contributed by atoms with E-state index in [1.165, 1.54) is 0 Å². The Morgan fingerprint density at radius 2 is 2.12 bits per heavy atom. The summed E-state index contributed by atoms with van der Waals surface area (Å²) in [4.78, 5) is 26.6. The van der Waals surface area contributed by atoms with Gasteiger partial charge in [-0.25, -0.2) is 0 Å². The minimum absolute atomic E-state index is 0.0441. The molecular formula is C18H15BrN4O2. The molecule has 1 saturated heterocycles. The molecule has 2 heterocycles. The second-order valence-electron chi connectivity index (χ2n) is 6.02. The molecule has 0 bridgehead atoms. The van der Waals surface area contributed by atoms with Crippen molar-refractivity contribution >= 4 is 50.0 Å².